The first-order chi connectivity index (χ1) is 13.6. The lowest BCUT2D eigenvalue weighted by Crippen LogP contribution is -2.42. The first-order valence-electron chi connectivity index (χ1n) is 8.66. The Morgan fingerprint density at radius 2 is 1.54 bits per heavy atom. The minimum absolute atomic E-state index is 0.0541. The van der Waals surface area contributed by atoms with Gasteiger partial charge in [-0.2, -0.15) is 0 Å². The number of para-hydroxylation sites is 1. The van der Waals surface area contributed by atoms with Crippen LogP contribution in [-0.4, -0.2) is 37.7 Å². The molecule has 7 heteroatoms. The van der Waals surface area contributed by atoms with Crippen LogP contribution in [0.2, 0.25) is 0 Å². The molecule has 0 aromatic heterocycles. The number of benzene rings is 2. The lowest BCUT2D eigenvalue weighted by molar-refractivity contribution is -0.139. The van der Waals surface area contributed by atoms with Crippen molar-refractivity contribution in [3.63, 3.8) is 0 Å². The minimum Gasteiger partial charge on any atom is -0.466 e. The third-order valence-electron chi connectivity index (χ3n) is 3.68. The lowest BCUT2D eigenvalue weighted by Gasteiger charge is -2.19. The predicted octanol–water partition coefficient (Wildman–Crippen LogP) is 2.69. The van der Waals surface area contributed by atoms with E-state index in [-0.39, 0.29) is 6.61 Å². The molecule has 0 saturated heterocycles. The van der Waals surface area contributed by atoms with Gasteiger partial charge in [0.1, 0.15) is 6.61 Å². The number of hydrogen-bond acceptors (Lipinski definition) is 5. The van der Waals surface area contributed by atoms with Gasteiger partial charge in [-0.1, -0.05) is 48.5 Å². The Morgan fingerprint density at radius 1 is 0.929 bits per heavy atom. The molecule has 7 nitrogen and oxygen atoms in total. The molecule has 0 saturated carbocycles. The van der Waals surface area contributed by atoms with Crippen molar-refractivity contribution in [2.24, 2.45) is 0 Å². The highest BCUT2D eigenvalue weighted by atomic mass is 16.5. The number of esters is 2. The Labute approximate surface area is 163 Å². The van der Waals surface area contributed by atoms with Gasteiger partial charge in [0.15, 0.2) is 0 Å². The summed E-state index contributed by atoms with van der Waals surface area (Å²) in [5.74, 6) is -1.35. The van der Waals surface area contributed by atoms with Gasteiger partial charge in [0, 0.05) is 17.8 Å². The zero-order valence-corrected chi connectivity index (χ0v) is 15.5. The molecule has 0 unspecified atom stereocenters. The molecule has 0 spiro atoms. The highest BCUT2D eigenvalue weighted by Gasteiger charge is 2.15. The van der Waals surface area contributed by atoms with Gasteiger partial charge in [0.2, 0.25) is 0 Å². The third-order valence-corrected chi connectivity index (χ3v) is 3.68. The van der Waals surface area contributed by atoms with Crippen LogP contribution in [0.15, 0.2) is 72.8 Å². The van der Waals surface area contributed by atoms with Gasteiger partial charge in [-0.25, -0.2) is 14.4 Å². The fourth-order valence-corrected chi connectivity index (χ4v) is 2.36. The normalized spacial score (nSPS) is 11.5. The van der Waals surface area contributed by atoms with E-state index in [0.717, 1.165) is 17.7 Å². The Bertz CT molecular complexity index is 806. The van der Waals surface area contributed by atoms with Crippen molar-refractivity contribution in [3.8, 4) is 0 Å². The van der Waals surface area contributed by atoms with Crippen LogP contribution >= 0.6 is 0 Å². The fraction of sp³-hybridized carbons (Fsp3) is 0.190. The number of methoxy groups -OCH3 is 1. The summed E-state index contributed by atoms with van der Waals surface area (Å²) < 4.78 is 9.56. The summed E-state index contributed by atoms with van der Waals surface area (Å²) in [7, 11) is 1.21. The number of nitrogens with one attached hydrogen (secondary N) is 2. The second-order valence-corrected chi connectivity index (χ2v) is 5.84. The van der Waals surface area contributed by atoms with Crippen molar-refractivity contribution in [1.82, 2.24) is 5.32 Å². The monoisotopic (exact) mass is 382 g/mol. The smallest absolute Gasteiger partial charge is 0.331 e. The molecule has 146 valence electrons. The van der Waals surface area contributed by atoms with Gasteiger partial charge < -0.3 is 20.1 Å². The molecule has 2 aromatic rings. The first-order valence-corrected chi connectivity index (χ1v) is 8.66. The van der Waals surface area contributed by atoms with Gasteiger partial charge in [0.25, 0.3) is 0 Å². The molecule has 0 aliphatic carbocycles. The van der Waals surface area contributed by atoms with Crippen LogP contribution in [-0.2, 0) is 25.5 Å². The molecule has 0 aliphatic heterocycles. The highest BCUT2D eigenvalue weighted by Crippen LogP contribution is 2.07. The number of rotatable bonds is 8. The van der Waals surface area contributed by atoms with Crippen LogP contribution in [0.1, 0.15) is 5.56 Å². The predicted molar refractivity (Wildman–Crippen MR) is 105 cm³/mol. The van der Waals surface area contributed by atoms with Crippen molar-refractivity contribution < 1.29 is 23.9 Å². The van der Waals surface area contributed by atoms with Crippen LogP contribution in [0.25, 0.3) is 0 Å². The molecule has 28 heavy (non-hydrogen) atoms. The molecule has 1 atom stereocenters. The van der Waals surface area contributed by atoms with Gasteiger partial charge in [-0.05, 0) is 24.1 Å². The van der Waals surface area contributed by atoms with Crippen molar-refractivity contribution in [1.29, 1.82) is 0 Å². The number of carbonyl (C=O) groups is 3. The van der Waals surface area contributed by atoms with E-state index in [2.05, 4.69) is 15.4 Å². The molecular formula is C21H22N2O5. The summed E-state index contributed by atoms with van der Waals surface area (Å²) >= 11 is 0. The number of ether oxygens (including phenoxy) is 2. The fourth-order valence-electron chi connectivity index (χ4n) is 2.36. The summed E-state index contributed by atoms with van der Waals surface area (Å²) in [6.45, 7) is -0.0541. The van der Waals surface area contributed by atoms with E-state index >= 15 is 0 Å². The maximum Gasteiger partial charge on any atom is 0.331 e. The van der Waals surface area contributed by atoms with Crippen molar-refractivity contribution >= 4 is 23.7 Å². The van der Waals surface area contributed by atoms with Gasteiger partial charge >= 0.3 is 18.0 Å². The maximum absolute atomic E-state index is 12.3. The van der Waals surface area contributed by atoms with Gasteiger partial charge in [-0.15, -0.1) is 0 Å². The van der Waals surface area contributed by atoms with E-state index in [1.807, 2.05) is 48.5 Å². The molecule has 0 bridgehead atoms. The number of urea groups is 1. The molecular weight excluding hydrogens is 360 g/mol. The number of amides is 2. The van der Waals surface area contributed by atoms with E-state index in [1.54, 1.807) is 12.1 Å². The Hall–Kier alpha value is -3.61. The molecule has 0 radical (unpaired) electrons. The topological polar surface area (TPSA) is 93.7 Å². The minimum atomic E-state index is -0.700. The van der Waals surface area contributed by atoms with Gasteiger partial charge in [-0.3, -0.25) is 0 Å². The molecule has 2 aromatic carbocycles. The van der Waals surface area contributed by atoms with Crippen LogP contribution in [0, 0.1) is 0 Å². The summed E-state index contributed by atoms with van der Waals surface area (Å²) in [5, 5.41) is 5.53. The van der Waals surface area contributed by atoms with Crippen molar-refractivity contribution in [2.45, 2.75) is 12.5 Å². The first kappa shape index (κ1) is 20.7. The van der Waals surface area contributed by atoms with E-state index in [0.29, 0.717) is 12.1 Å². The van der Waals surface area contributed by atoms with Crippen LogP contribution in [0.4, 0.5) is 10.5 Å². The highest BCUT2D eigenvalue weighted by molar-refractivity contribution is 5.91. The Morgan fingerprint density at radius 3 is 2.18 bits per heavy atom. The van der Waals surface area contributed by atoms with Crippen molar-refractivity contribution in [3.05, 3.63) is 78.4 Å². The summed E-state index contributed by atoms with van der Waals surface area (Å²) in [6, 6.07) is 17.7. The largest absolute Gasteiger partial charge is 0.466 e. The quantitative estimate of drug-likeness (QED) is 0.541. The van der Waals surface area contributed by atoms with Crippen LogP contribution in [0.3, 0.4) is 0 Å². The van der Waals surface area contributed by atoms with E-state index in [9.17, 15) is 14.4 Å². The molecule has 0 aliphatic rings. The van der Waals surface area contributed by atoms with E-state index in [4.69, 9.17) is 4.74 Å². The summed E-state index contributed by atoms with van der Waals surface area (Å²) in [5.41, 5.74) is 1.63. The SMILES string of the molecule is COC(=O)/C=C/C(=O)OC[C@H](Cc1ccccc1)NC(=O)Nc1ccccc1. The van der Waals surface area contributed by atoms with Gasteiger partial charge in [0.05, 0.1) is 13.2 Å². The second-order valence-electron chi connectivity index (χ2n) is 5.84. The zero-order valence-electron chi connectivity index (χ0n) is 15.5. The number of hydrogen-bond donors (Lipinski definition) is 2. The maximum atomic E-state index is 12.3. The van der Waals surface area contributed by atoms with Crippen LogP contribution < -0.4 is 10.6 Å². The molecule has 2 rings (SSSR count). The second kappa shape index (κ2) is 11.2. The van der Waals surface area contributed by atoms with Crippen molar-refractivity contribution in [2.75, 3.05) is 19.0 Å². The standard InChI is InChI=1S/C21H22N2O5/c1-27-19(24)12-13-20(25)28-15-18(14-16-8-4-2-5-9-16)23-21(26)22-17-10-6-3-7-11-17/h2-13,18H,14-15H2,1H3,(H2,22,23,26)/b13-12+/t18-/m0/s1. The lowest BCUT2D eigenvalue weighted by atomic mass is 10.1. The van der Waals surface area contributed by atoms with E-state index in [1.165, 1.54) is 7.11 Å². The number of carbonyl (C=O) groups excluding carboxylic acids is 3. The summed E-state index contributed by atoms with van der Waals surface area (Å²) in [6.07, 6.45) is 2.43. The van der Waals surface area contributed by atoms with E-state index < -0.39 is 24.0 Å². The molecule has 0 heterocycles. The molecule has 2 amide bonds. The third kappa shape index (κ3) is 7.74. The zero-order chi connectivity index (χ0) is 20.2. The summed E-state index contributed by atoms with van der Waals surface area (Å²) in [4.78, 5) is 35.1. The van der Waals surface area contributed by atoms with Crippen LogP contribution in [0.5, 0.6) is 0 Å². The Balaban J connectivity index is 1.96. The average molecular weight is 382 g/mol. The molecule has 2 N–H and O–H groups in total. The number of anilines is 1. The molecule has 0 fully saturated rings. The Kier molecular flexibility index (Phi) is 8.26. The average Bonchev–Trinajstić information content (AvgIpc) is 2.71.